The predicted octanol–water partition coefficient (Wildman–Crippen LogP) is 1.42. The van der Waals surface area contributed by atoms with E-state index < -0.39 is 0 Å². The van der Waals surface area contributed by atoms with Crippen LogP contribution in [-0.2, 0) is 3.07 Å². The quantitative estimate of drug-likeness (QED) is 0.636. The summed E-state index contributed by atoms with van der Waals surface area (Å²) in [6, 6.07) is 0. The molecule has 0 bridgehead atoms. The molecule has 0 aliphatic rings. The van der Waals surface area contributed by atoms with E-state index in [9.17, 15) is 4.79 Å². The largest absolute Gasteiger partial charge is 0.419 e. The molecule has 0 atom stereocenters. The van der Waals surface area contributed by atoms with Crippen molar-refractivity contribution >= 4 is 29.1 Å². The predicted molar refractivity (Wildman–Crippen MR) is 38.8 cm³/mol. The van der Waals surface area contributed by atoms with Gasteiger partial charge in [-0.3, -0.25) is 0 Å². The van der Waals surface area contributed by atoms with Gasteiger partial charge in [-0.1, -0.05) is 0 Å². The maximum absolute atomic E-state index is 10.4. The van der Waals surface area contributed by atoms with Gasteiger partial charge in [-0.15, -0.1) is 0 Å². The molecule has 0 radical (unpaired) electrons. The van der Waals surface area contributed by atoms with Crippen LogP contribution >= 0.6 is 23.0 Å². The molecule has 0 saturated heterocycles. The van der Waals surface area contributed by atoms with Gasteiger partial charge in [-0.05, 0) is 6.92 Å². The zero-order valence-corrected chi connectivity index (χ0v) is 7.01. The maximum atomic E-state index is 10.4. The summed E-state index contributed by atoms with van der Waals surface area (Å²) >= 11 is 1.56. The monoisotopic (exact) mass is 229 g/mol. The molecule has 0 fully saturated rings. The standard InChI is InChI=1S/C4H8INO2/c1-3-6(2)4(7)8-5/h3H2,1-2H3. The lowest BCUT2D eigenvalue weighted by molar-refractivity contribution is 0.180. The molecule has 0 unspecified atom stereocenters. The van der Waals surface area contributed by atoms with Gasteiger partial charge in [-0.25, -0.2) is 4.79 Å². The molecule has 0 rings (SSSR count). The fraction of sp³-hybridized carbons (Fsp3) is 0.750. The Morgan fingerprint density at radius 3 is 2.50 bits per heavy atom. The highest BCUT2D eigenvalue weighted by molar-refractivity contribution is 14.1. The van der Waals surface area contributed by atoms with E-state index in [4.69, 9.17) is 0 Å². The molecule has 0 aliphatic carbocycles. The van der Waals surface area contributed by atoms with Crippen LogP contribution in [0.3, 0.4) is 0 Å². The molecule has 0 N–H and O–H groups in total. The number of amides is 1. The summed E-state index contributed by atoms with van der Waals surface area (Å²) in [7, 11) is 1.68. The molecule has 0 aliphatic heterocycles. The van der Waals surface area contributed by atoms with Gasteiger partial charge in [0.15, 0.2) is 23.0 Å². The molecular formula is C4H8INO2. The van der Waals surface area contributed by atoms with Crippen molar-refractivity contribution < 1.29 is 7.86 Å². The summed E-state index contributed by atoms with van der Waals surface area (Å²) in [5, 5.41) is 0. The first-order valence-electron chi connectivity index (χ1n) is 2.26. The topological polar surface area (TPSA) is 29.5 Å². The third-order valence-corrected chi connectivity index (χ3v) is 1.23. The molecule has 0 saturated carbocycles. The Morgan fingerprint density at radius 2 is 2.38 bits per heavy atom. The molecule has 1 amide bonds. The van der Waals surface area contributed by atoms with E-state index in [2.05, 4.69) is 3.07 Å². The Kier molecular flexibility index (Phi) is 3.94. The van der Waals surface area contributed by atoms with Gasteiger partial charge in [-0.2, -0.15) is 0 Å². The van der Waals surface area contributed by atoms with Crippen LogP contribution in [0.25, 0.3) is 0 Å². The van der Waals surface area contributed by atoms with E-state index in [1.807, 2.05) is 6.92 Å². The van der Waals surface area contributed by atoms with Crippen molar-refractivity contribution in [2.24, 2.45) is 0 Å². The number of carbonyl (C=O) groups excluding carboxylic acids is 1. The summed E-state index contributed by atoms with van der Waals surface area (Å²) in [6.45, 7) is 2.56. The van der Waals surface area contributed by atoms with Crippen LogP contribution < -0.4 is 0 Å². The van der Waals surface area contributed by atoms with Crippen LogP contribution in [0.4, 0.5) is 4.79 Å². The van der Waals surface area contributed by atoms with E-state index in [-0.39, 0.29) is 6.09 Å². The van der Waals surface area contributed by atoms with Gasteiger partial charge in [0, 0.05) is 13.6 Å². The first kappa shape index (κ1) is 8.00. The van der Waals surface area contributed by atoms with Crippen LogP contribution in [-0.4, -0.2) is 24.6 Å². The molecular weight excluding hydrogens is 221 g/mol. The van der Waals surface area contributed by atoms with Gasteiger partial charge >= 0.3 is 6.09 Å². The number of carbonyl (C=O) groups is 1. The van der Waals surface area contributed by atoms with Crippen molar-refractivity contribution in [1.29, 1.82) is 0 Å². The summed E-state index contributed by atoms with van der Waals surface area (Å²) in [5.41, 5.74) is 0. The van der Waals surface area contributed by atoms with Gasteiger partial charge in [0.2, 0.25) is 0 Å². The van der Waals surface area contributed by atoms with Crippen molar-refractivity contribution in [2.45, 2.75) is 6.92 Å². The number of hydrogen-bond donors (Lipinski definition) is 0. The molecule has 4 heteroatoms. The Hall–Kier alpha value is 0. The lowest BCUT2D eigenvalue weighted by Crippen LogP contribution is -2.24. The van der Waals surface area contributed by atoms with Crippen molar-refractivity contribution in [1.82, 2.24) is 4.90 Å². The third kappa shape index (κ3) is 2.34. The summed E-state index contributed by atoms with van der Waals surface area (Å²) in [4.78, 5) is 11.9. The SMILES string of the molecule is CCN(C)C(=O)OI. The summed E-state index contributed by atoms with van der Waals surface area (Å²) in [6.07, 6.45) is -0.298. The van der Waals surface area contributed by atoms with E-state index >= 15 is 0 Å². The molecule has 0 aromatic rings. The first-order valence-corrected chi connectivity index (χ1v) is 3.14. The molecule has 0 heterocycles. The summed E-state index contributed by atoms with van der Waals surface area (Å²) < 4.78 is 4.36. The van der Waals surface area contributed by atoms with Gasteiger partial charge in [0.25, 0.3) is 0 Å². The minimum absolute atomic E-state index is 0.298. The molecule has 8 heavy (non-hydrogen) atoms. The van der Waals surface area contributed by atoms with Crippen molar-refractivity contribution in [3.05, 3.63) is 0 Å². The zero-order valence-electron chi connectivity index (χ0n) is 4.85. The van der Waals surface area contributed by atoms with Gasteiger partial charge in [0.05, 0.1) is 0 Å². The minimum atomic E-state index is -0.298. The summed E-state index contributed by atoms with van der Waals surface area (Å²) in [5.74, 6) is 0. The number of rotatable bonds is 1. The van der Waals surface area contributed by atoms with E-state index in [0.717, 1.165) is 0 Å². The normalized spacial score (nSPS) is 8.38. The Morgan fingerprint density at radius 1 is 1.88 bits per heavy atom. The molecule has 0 aromatic heterocycles. The zero-order chi connectivity index (χ0) is 6.57. The third-order valence-electron chi connectivity index (χ3n) is 0.852. The molecule has 48 valence electrons. The van der Waals surface area contributed by atoms with Crippen LogP contribution in [0.2, 0.25) is 0 Å². The van der Waals surface area contributed by atoms with E-state index in [1.54, 1.807) is 30.1 Å². The fourth-order valence-electron chi connectivity index (χ4n) is 0.188. The highest BCUT2D eigenvalue weighted by atomic mass is 127. The molecule has 0 aromatic carbocycles. The average Bonchev–Trinajstić information content (AvgIpc) is 1.84. The first-order chi connectivity index (χ1) is 3.72. The average molecular weight is 229 g/mol. The maximum Gasteiger partial charge on any atom is 0.419 e. The van der Waals surface area contributed by atoms with Crippen molar-refractivity contribution in [3.8, 4) is 0 Å². The number of hydrogen-bond acceptors (Lipinski definition) is 2. The lowest BCUT2D eigenvalue weighted by atomic mass is 10.7. The van der Waals surface area contributed by atoms with Crippen LogP contribution in [0.1, 0.15) is 6.92 Å². The van der Waals surface area contributed by atoms with Crippen molar-refractivity contribution in [3.63, 3.8) is 0 Å². The minimum Gasteiger partial charge on any atom is -0.378 e. The second-order valence-electron chi connectivity index (χ2n) is 1.36. The molecule has 3 nitrogen and oxygen atoms in total. The Bertz CT molecular complexity index is 86.1. The van der Waals surface area contributed by atoms with Crippen LogP contribution in [0.5, 0.6) is 0 Å². The Balaban J connectivity index is 3.46. The fourth-order valence-corrected chi connectivity index (χ4v) is 0.524. The second kappa shape index (κ2) is 3.94. The van der Waals surface area contributed by atoms with E-state index in [0.29, 0.717) is 6.54 Å². The van der Waals surface area contributed by atoms with Crippen LogP contribution in [0.15, 0.2) is 0 Å². The molecule has 0 spiro atoms. The highest BCUT2D eigenvalue weighted by Crippen LogP contribution is 1.93. The van der Waals surface area contributed by atoms with Crippen molar-refractivity contribution in [2.75, 3.05) is 13.6 Å². The number of nitrogens with zero attached hydrogens (tertiary/aromatic N) is 1. The highest BCUT2D eigenvalue weighted by Gasteiger charge is 2.03. The van der Waals surface area contributed by atoms with Gasteiger partial charge in [0.1, 0.15) is 0 Å². The smallest absolute Gasteiger partial charge is 0.378 e. The lowest BCUT2D eigenvalue weighted by Gasteiger charge is -2.09. The Labute approximate surface area is 62.7 Å². The number of halogens is 1. The second-order valence-corrected chi connectivity index (χ2v) is 1.80. The van der Waals surface area contributed by atoms with E-state index in [1.165, 1.54) is 4.90 Å². The van der Waals surface area contributed by atoms with Crippen LogP contribution in [0, 0.1) is 0 Å². The van der Waals surface area contributed by atoms with Gasteiger partial charge < -0.3 is 7.97 Å².